The van der Waals surface area contributed by atoms with E-state index in [0.29, 0.717) is 18.9 Å². The van der Waals surface area contributed by atoms with Crippen molar-refractivity contribution < 1.29 is 14.4 Å². The second kappa shape index (κ2) is 7.08. The van der Waals surface area contributed by atoms with E-state index < -0.39 is 11.8 Å². The number of hydrogen-bond acceptors (Lipinski definition) is 4. The minimum atomic E-state index is -0.652. The average molecular weight is 270 g/mol. The van der Waals surface area contributed by atoms with Gasteiger partial charge in [0.15, 0.2) is 0 Å². The molecule has 1 fully saturated rings. The second-order valence-electron chi connectivity index (χ2n) is 5.09. The fraction of sp³-hybridized carbons (Fsp3) is 0.750. The van der Waals surface area contributed by atoms with Gasteiger partial charge in [-0.05, 0) is 31.7 Å². The summed E-state index contributed by atoms with van der Waals surface area (Å²) in [5, 5.41) is 0. The number of nitrogens with zero attached hydrogens (tertiary/aromatic N) is 1. The standard InChI is InChI=1S/C12H22N4O3/c13-5-8-2-1-3-9(4-8)12(19)16(6-10(14)17)7-11(15)18/h8-9H,1-7,13H2,(H2,14,17)(H2,15,18). The minimum absolute atomic E-state index is 0.194. The molecule has 0 aromatic heterocycles. The molecule has 19 heavy (non-hydrogen) atoms. The van der Waals surface area contributed by atoms with Crippen molar-refractivity contribution in [2.75, 3.05) is 19.6 Å². The van der Waals surface area contributed by atoms with Gasteiger partial charge in [0.1, 0.15) is 0 Å². The van der Waals surface area contributed by atoms with E-state index in [4.69, 9.17) is 17.2 Å². The molecule has 108 valence electrons. The lowest BCUT2D eigenvalue weighted by molar-refractivity contribution is -0.142. The Kier molecular flexibility index (Phi) is 5.75. The molecule has 0 spiro atoms. The zero-order valence-corrected chi connectivity index (χ0v) is 11.0. The van der Waals surface area contributed by atoms with Crippen LogP contribution in [0.4, 0.5) is 0 Å². The molecule has 0 bridgehead atoms. The number of nitrogens with two attached hydrogens (primary N) is 3. The van der Waals surface area contributed by atoms with Gasteiger partial charge in [0.2, 0.25) is 17.7 Å². The van der Waals surface area contributed by atoms with Gasteiger partial charge >= 0.3 is 0 Å². The van der Waals surface area contributed by atoms with Gasteiger partial charge in [0.25, 0.3) is 0 Å². The van der Waals surface area contributed by atoms with Crippen LogP contribution in [0.3, 0.4) is 0 Å². The van der Waals surface area contributed by atoms with E-state index in [1.54, 1.807) is 0 Å². The van der Waals surface area contributed by atoms with Crippen LogP contribution in [0.25, 0.3) is 0 Å². The molecule has 2 unspecified atom stereocenters. The Bertz CT molecular complexity index is 343. The van der Waals surface area contributed by atoms with Crippen molar-refractivity contribution in [1.29, 1.82) is 0 Å². The van der Waals surface area contributed by atoms with Gasteiger partial charge < -0.3 is 22.1 Å². The number of rotatable bonds is 6. The van der Waals surface area contributed by atoms with Crippen molar-refractivity contribution in [2.24, 2.45) is 29.0 Å². The van der Waals surface area contributed by atoms with Crippen molar-refractivity contribution in [3.8, 4) is 0 Å². The second-order valence-corrected chi connectivity index (χ2v) is 5.09. The smallest absolute Gasteiger partial charge is 0.237 e. The largest absolute Gasteiger partial charge is 0.368 e. The molecule has 6 N–H and O–H groups in total. The van der Waals surface area contributed by atoms with E-state index >= 15 is 0 Å². The molecular formula is C12H22N4O3. The van der Waals surface area contributed by atoms with Gasteiger partial charge in [-0.25, -0.2) is 0 Å². The predicted octanol–water partition coefficient (Wildman–Crippen LogP) is -1.45. The number of hydrogen-bond donors (Lipinski definition) is 3. The summed E-state index contributed by atoms with van der Waals surface area (Å²) < 4.78 is 0. The van der Waals surface area contributed by atoms with E-state index in [1.165, 1.54) is 0 Å². The Morgan fingerprint density at radius 1 is 1.05 bits per heavy atom. The molecule has 0 aromatic rings. The molecule has 0 heterocycles. The number of carbonyl (C=O) groups excluding carboxylic acids is 3. The molecule has 7 nitrogen and oxygen atoms in total. The summed E-state index contributed by atoms with van der Waals surface area (Å²) in [5.41, 5.74) is 15.8. The molecule has 7 heteroatoms. The Labute approximate surface area is 112 Å². The van der Waals surface area contributed by atoms with E-state index in [2.05, 4.69) is 0 Å². The first-order chi connectivity index (χ1) is 8.93. The molecule has 1 rings (SSSR count). The van der Waals surface area contributed by atoms with Crippen LogP contribution in [0.15, 0.2) is 0 Å². The van der Waals surface area contributed by atoms with Crippen LogP contribution in [0.5, 0.6) is 0 Å². The molecule has 0 saturated heterocycles. The van der Waals surface area contributed by atoms with Crippen molar-refractivity contribution >= 4 is 17.7 Å². The van der Waals surface area contributed by atoms with E-state index in [-0.39, 0.29) is 24.9 Å². The summed E-state index contributed by atoms with van der Waals surface area (Å²) in [6.45, 7) is 0.00650. The molecule has 1 saturated carbocycles. The van der Waals surface area contributed by atoms with Crippen LogP contribution in [-0.4, -0.2) is 42.3 Å². The number of carbonyl (C=O) groups is 3. The molecule has 0 aliphatic heterocycles. The quantitative estimate of drug-likeness (QED) is 0.544. The third kappa shape index (κ3) is 4.86. The Morgan fingerprint density at radius 3 is 2.11 bits per heavy atom. The molecule has 1 aliphatic rings. The fourth-order valence-electron chi connectivity index (χ4n) is 2.58. The predicted molar refractivity (Wildman–Crippen MR) is 69.5 cm³/mol. The monoisotopic (exact) mass is 270 g/mol. The first-order valence-electron chi connectivity index (χ1n) is 6.49. The van der Waals surface area contributed by atoms with Gasteiger partial charge in [0.05, 0.1) is 13.1 Å². The van der Waals surface area contributed by atoms with Crippen molar-refractivity contribution in [3.05, 3.63) is 0 Å². The van der Waals surface area contributed by atoms with Crippen LogP contribution < -0.4 is 17.2 Å². The lowest BCUT2D eigenvalue weighted by Crippen LogP contribution is -2.46. The molecule has 1 aliphatic carbocycles. The Hall–Kier alpha value is -1.63. The van der Waals surface area contributed by atoms with Gasteiger partial charge in [-0.1, -0.05) is 6.42 Å². The topological polar surface area (TPSA) is 133 Å². The van der Waals surface area contributed by atoms with E-state index in [9.17, 15) is 14.4 Å². The van der Waals surface area contributed by atoms with E-state index in [1.807, 2.05) is 0 Å². The minimum Gasteiger partial charge on any atom is -0.368 e. The van der Waals surface area contributed by atoms with Gasteiger partial charge in [0, 0.05) is 5.92 Å². The highest BCUT2D eigenvalue weighted by Crippen LogP contribution is 2.29. The Morgan fingerprint density at radius 2 is 1.63 bits per heavy atom. The zero-order chi connectivity index (χ0) is 14.4. The highest BCUT2D eigenvalue weighted by molar-refractivity contribution is 5.89. The third-order valence-electron chi connectivity index (χ3n) is 3.47. The van der Waals surface area contributed by atoms with Crippen LogP contribution in [0, 0.1) is 11.8 Å². The lowest BCUT2D eigenvalue weighted by Gasteiger charge is -2.31. The fourth-order valence-corrected chi connectivity index (χ4v) is 2.58. The third-order valence-corrected chi connectivity index (χ3v) is 3.47. The molecule has 3 amide bonds. The highest BCUT2D eigenvalue weighted by Gasteiger charge is 2.30. The van der Waals surface area contributed by atoms with Gasteiger partial charge in [-0.3, -0.25) is 14.4 Å². The van der Waals surface area contributed by atoms with Crippen LogP contribution in [0.2, 0.25) is 0 Å². The average Bonchev–Trinajstić information content (AvgIpc) is 2.36. The summed E-state index contributed by atoms with van der Waals surface area (Å²) in [6, 6.07) is 0. The van der Waals surface area contributed by atoms with Gasteiger partial charge in [-0.15, -0.1) is 0 Å². The summed E-state index contributed by atoms with van der Waals surface area (Å²) in [4.78, 5) is 35.4. The van der Waals surface area contributed by atoms with Crippen molar-refractivity contribution in [1.82, 2.24) is 4.90 Å². The zero-order valence-electron chi connectivity index (χ0n) is 11.0. The van der Waals surface area contributed by atoms with Gasteiger partial charge in [-0.2, -0.15) is 0 Å². The molecule has 0 aromatic carbocycles. The number of amides is 3. The maximum Gasteiger partial charge on any atom is 0.237 e. The van der Waals surface area contributed by atoms with Crippen molar-refractivity contribution in [2.45, 2.75) is 25.7 Å². The molecule has 2 atom stereocenters. The molecular weight excluding hydrogens is 248 g/mol. The normalized spacial score (nSPS) is 22.8. The molecule has 0 radical (unpaired) electrons. The van der Waals surface area contributed by atoms with Crippen LogP contribution in [0.1, 0.15) is 25.7 Å². The number of primary amides is 2. The SMILES string of the molecule is NCC1CCCC(C(=O)N(CC(N)=O)CC(N)=O)C1. The maximum atomic E-state index is 12.3. The summed E-state index contributed by atoms with van der Waals surface area (Å²) in [6.07, 6.45) is 3.40. The maximum absolute atomic E-state index is 12.3. The summed E-state index contributed by atoms with van der Waals surface area (Å²) in [7, 11) is 0. The Balaban J connectivity index is 2.68. The summed E-state index contributed by atoms with van der Waals surface area (Å²) >= 11 is 0. The first kappa shape index (κ1) is 15.4. The van der Waals surface area contributed by atoms with Crippen molar-refractivity contribution in [3.63, 3.8) is 0 Å². The van der Waals surface area contributed by atoms with E-state index in [0.717, 1.165) is 24.2 Å². The van der Waals surface area contributed by atoms with Crippen LogP contribution >= 0.6 is 0 Å². The highest BCUT2D eigenvalue weighted by atomic mass is 16.2. The lowest BCUT2D eigenvalue weighted by atomic mass is 9.80. The summed E-state index contributed by atoms with van der Waals surface area (Å²) in [5.74, 6) is -1.40. The van der Waals surface area contributed by atoms with Crippen LogP contribution in [-0.2, 0) is 14.4 Å². The first-order valence-corrected chi connectivity index (χ1v) is 6.49.